The molecule has 0 radical (unpaired) electrons. The summed E-state index contributed by atoms with van der Waals surface area (Å²) >= 11 is 0. The third-order valence-corrected chi connectivity index (χ3v) is 5.58. The lowest BCUT2D eigenvalue weighted by atomic mass is 10.2. The maximum absolute atomic E-state index is 12.4. The molecule has 2 N–H and O–H groups in total. The van der Waals surface area contributed by atoms with Crippen molar-refractivity contribution in [3.63, 3.8) is 0 Å². The number of fused-ring (bicyclic) bond motifs is 1. The number of unbranched alkanes of at least 4 members (excludes halogenated alkanes) is 1. The van der Waals surface area contributed by atoms with Gasteiger partial charge < -0.3 is 14.8 Å². The van der Waals surface area contributed by atoms with E-state index >= 15 is 0 Å². The van der Waals surface area contributed by atoms with Gasteiger partial charge in [-0.2, -0.15) is 0 Å². The van der Waals surface area contributed by atoms with E-state index in [1.165, 1.54) is 12.1 Å². The number of hydrogen-bond donors (Lipinski definition) is 2. The predicted molar refractivity (Wildman–Crippen MR) is 100 cm³/mol. The zero-order valence-corrected chi connectivity index (χ0v) is 15.8. The van der Waals surface area contributed by atoms with Gasteiger partial charge in [-0.05, 0) is 42.3 Å². The van der Waals surface area contributed by atoms with Crippen molar-refractivity contribution in [2.24, 2.45) is 0 Å². The summed E-state index contributed by atoms with van der Waals surface area (Å²) in [5.74, 6) is 0.977. The van der Waals surface area contributed by atoms with Crippen LogP contribution >= 0.6 is 0 Å². The van der Waals surface area contributed by atoms with Gasteiger partial charge in [-0.15, -0.1) is 0 Å². The topological polar surface area (TPSA) is 93.7 Å². The molecule has 0 aromatic heterocycles. The van der Waals surface area contributed by atoms with Crippen LogP contribution in [0.2, 0.25) is 0 Å². The molecule has 0 spiro atoms. The molecule has 144 valence electrons. The SMILES string of the molecule is CCCCNS(=O)(=O)c1cccc(C(=O)NCc2ccc3c(c2)OCO3)c1. The molecule has 3 rings (SSSR count). The Kier molecular flexibility index (Phi) is 5.98. The molecule has 0 saturated carbocycles. The number of hydrogen-bond acceptors (Lipinski definition) is 5. The molecule has 1 amide bonds. The Morgan fingerprint density at radius 2 is 1.93 bits per heavy atom. The Bertz CT molecular complexity index is 927. The Morgan fingerprint density at radius 3 is 2.74 bits per heavy atom. The van der Waals surface area contributed by atoms with E-state index in [1.54, 1.807) is 24.3 Å². The maximum atomic E-state index is 12.4. The highest BCUT2D eigenvalue weighted by Gasteiger charge is 2.16. The fourth-order valence-corrected chi connectivity index (χ4v) is 3.73. The first-order valence-electron chi connectivity index (χ1n) is 8.76. The first-order valence-corrected chi connectivity index (χ1v) is 10.2. The van der Waals surface area contributed by atoms with Crippen LogP contribution in [-0.4, -0.2) is 27.7 Å². The molecule has 0 saturated heterocycles. The molecule has 0 bridgehead atoms. The number of sulfonamides is 1. The average molecular weight is 390 g/mol. The lowest BCUT2D eigenvalue weighted by molar-refractivity contribution is 0.0950. The van der Waals surface area contributed by atoms with Crippen LogP contribution in [0.1, 0.15) is 35.7 Å². The first-order chi connectivity index (χ1) is 13.0. The third kappa shape index (κ3) is 4.78. The van der Waals surface area contributed by atoms with Crippen molar-refractivity contribution in [1.82, 2.24) is 10.0 Å². The number of benzene rings is 2. The second-order valence-electron chi connectivity index (χ2n) is 6.15. The Hall–Kier alpha value is -2.58. The zero-order valence-electron chi connectivity index (χ0n) is 15.0. The monoisotopic (exact) mass is 390 g/mol. The van der Waals surface area contributed by atoms with Gasteiger partial charge in [0.05, 0.1) is 4.90 Å². The van der Waals surface area contributed by atoms with Crippen molar-refractivity contribution >= 4 is 15.9 Å². The second-order valence-corrected chi connectivity index (χ2v) is 7.92. The van der Waals surface area contributed by atoms with Crippen molar-refractivity contribution in [3.8, 4) is 11.5 Å². The van der Waals surface area contributed by atoms with Gasteiger partial charge in [-0.25, -0.2) is 13.1 Å². The number of ether oxygens (including phenoxy) is 2. The number of rotatable bonds is 8. The summed E-state index contributed by atoms with van der Waals surface area (Å²) in [5.41, 5.74) is 1.15. The van der Waals surface area contributed by atoms with Crippen molar-refractivity contribution in [1.29, 1.82) is 0 Å². The lowest BCUT2D eigenvalue weighted by Crippen LogP contribution is -2.26. The highest BCUT2D eigenvalue weighted by atomic mass is 32.2. The van der Waals surface area contributed by atoms with Gasteiger partial charge in [0.2, 0.25) is 16.8 Å². The first kappa shape index (κ1) is 19.2. The van der Waals surface area contributed by atoms with Crippen LogP contribution in [0, 0.1) is 0 Å². The van der Waals surface area contributed by atoms with Crippen molar-refractivity contribution in [2.75, 3.05) is 13.3 Å². The fourth-order valence-electron chi connectivity index (χ4n) is 2.61. The van der Waals surface area contributed by atoms with Crippen molar-refractivity contribution < 1.29 is 22.7 Å². The highest BCUT2D eigenvalue weighted by molar-refractivity contribution is 7.89. The van der Waals surface area contributed by atoms with E-state index in [0.29, 0.717) is 24.6 Å². The standard InChI is InChI=1S/C19H22N2O5S/c1-2-3-9-21-27(23,24)16-6-4-5-15(11-16)19(22)20-12-14-7-8-17-18(10-14)26-13-25-17/h4-8,10-11,21H,2-3,9,12-13H2,1H3,(H,20,22). The summed E-state index contributed by atoms with van der Waals surface area (Å²) in [6, 6.07) is 11.4. The zero-order chi connectivity index (χ0) is 19.3. The van der Waals surface area contributed by atoms with E-state index < -0.39 is 10.0 Å². The summed E-state index contributed by atoms with van der Waals surface area (Å²) in [7, 11) is -3.62. The number of amides is 1. The van der Waals surface area contributed by atoms with Crippen LogP contribution in [0.25, 0.3) is 0 Å². The maximum Gasteiger partial charge on any atom is 0.251 e. The second kappa shape index (κ2) is 8.41. The van der Waals surface area contributed by atoms with E-state index in [0.717, 1.165) is 18.4 Å². The summed E-state index contributed by atoms with van der Waals surface area (Å²) in [4.78, 5) is 12.5. The summed E-state index contributed by atoms with van der Waals surface area (Å²) in [5, 5.41) is 2.79. The van der Waals surface area contributed by atoms with Gasteiger partial charge in [-0.1, -0.05) is 25.5 Å². The van der Waals surface area contributed by atoms with E-state index in [9.17, 15) is 13.2 Å². The Morgan fingerprint density at radius 1 is 1.11 bits per heavy atom. The molecule has 1 heterocycles. The molecule has 27 heavy (non-hydrogen) atoms. The Balaban J connectivity index is 1.65. The van der Waals surface area contributed by atoms with Crippen LogP contribution in [0.5, 0.6) is 11.5 Å². The summed E-state index contributed by atoms with van der Waals surface area (Å²) < 4.78 is 37.7. The summed E-state index contributed by atoms with van der Waals surface area (Å²) in [6.45, 7) is 2.85. The van der Waals surface area contributed by atoms with Gasteiger partial charge in [0, 0.05) is 18.7 Å². The summed E-state index contributed by atoms with van der Waals surface area (Å²) in [6.07, 6.45) is 1.65. The molecular weight excluding hydrogens is 368 g/mol. The van der Waals surface area contributed by atoms with Gasteiger partial charge in [0.25, 0.3) is 5.91 Å². The number of carbonyl (C=O) groups excluding carboxylic acids is 1. The predicted octanol–water partition coefficient (Wildman–Crippen LogP) is 2.42. The molecular formula is C19H22N2O5S. The molecule has 0 aliphatic carbocycles. The number of nitrogens with one attached hydrogen (secondary N) is 2. The Labute approximate surface area is 158 Å². The van der Waals surface area contributed by atoms with Gasteiger partial charge in [0.1, 0.15) is 0 Å². The molecule has 0 fully saturated rings. The molecule has 2 aromatic rings. The van der Waals surface area contributed by atoms with E-state index in [2.05, 4.69) is 10.0 Å². The van der Waals surface area contributed by atoms with Crippen LogP contribution in [-0.2, 0) is 16.6 Å². The fraction of sp³-hybridized carbons (Fsp3) is 0.316. The molecule has 0 unspecified atom stereocenters. The molecule has 1 aliphatic heterocycles. The normalized spacial score (nSPS) is 12.8. The highest BCUT2D eigenvalue weighted by Crippen LogP contribution is 2.32. The van der Waals surface area contributed by atoms with Crippen LogP contribution in [0.3, 0.4) is 0 Å². The van der Waals surface area contributed by atoms with Gasteiger partial charge in [0.15, 0.2) is 11.5 Å². The van der Waals surface area contributed by atoms with E-state index in [-0.39, 0.29) is 23.2 Å². The molecule has 2 aromatic carbocycles. The smallest absolute Gasteiger partial charge is 0.251 e. The van der Waals surface area contributed by atoms with E-state index in [1.807, 2.05) is 13.0 Å². The van der Waals surface area contributed by atoms with Crippen LogP contribution in [0.15, 0.2) is 47.4 Å². The quantitative estimate of drug-likeness (QED) is 0.675. The minimum absolute atomic E-state index is 0.0781. The van der Waals surface area contributed by atoms with E-state index in [4.69, 9.17) is 9.47 Å². The lowest BCUT2D eigenvalue weighted by Gasteiger charge is -2.09. The molecule has 7 nitrogen and oxygen atoms in total. The molecule has 1 aliphatic rings. The minimum Gasteiger partial charge on any atom is -0.454 e. The molecule has 8 heteroatoms. The molecule has 0 atom stereocenters. The van der Waals surface area contributed by atoms with Crippen LogP contribution < -0.4 is 19.5 Å². The van der Waals surface area contributed by atoms with Gasteiger partial charge >= 0.3 is 0 Å². The van der Waals surface area contributed by atoms with Gasteiger partial charge in [-0.3, -0.25) is 4.79 Å². The average Bonchev–Trinajstić information content (AvgIpc) is 3.14. The third-order valence-electron chi connectivity index (χ3n) is 4.12. The largest absolute Gasteiger partial charge is 0.454 e. The van der Waals surface area contributed by atoms with Crippen molar-refractivity contribution in [2.45, 2.75) is 31.2 Å². The minimum atomic E-state index is -3.62. The number of carbonyl (C=O) groups is 1. The van der Waals surface area contributed by atoms with Crippen molar-refractivity contribution in [3.05, 3.63) is 53.6 Å². The van der Waals surface area contributed by atoms with Crippen LogP contribution in [0.4, 0.5) is 0 Å².